The molecule has 1 heterocycles. The van der Waals surface area contributed by atoms with Crippen LogP contribution in [0, 0.1) is 0 Å². The minimum absolute atomic E-state index is 0.261. The summed E-state index contributed by atoms with van der Waals surface area (Å²) in [5, 5.41) is 0. The lowest BCUT2D eigenvalue weighted by molar-refractivity contribution is 0.815. The van der Waals surface area contributed by atoms with Crippen LogP contribution in [0.1, 0.15) is 24.2 Å². The highest BCUT2D eigenvalue weighted by atomic mass is 14.9. The zero-order valence-electron chi connectivity index (χ0n) is 8.09. The molecule has 0 aliphatic carbocycles. The maximum atomic E-state index is 4.24. The Labute approximate surface area is 83.7 Å². The van der Waals surface area contributed by atoms with E-state index >= 15 is 0 Å². The highest BCUT2D eigenvalue weighted by Crippen LogP contribution is 2.19. The van der Waals surface area contributed by atoms with Gasteiger partial charge in [0.2, 0.25) is 0 Å². The Hall–Kier alpha value is -1.70. The van der Waals surface area contributed by atoms with Crippen molar-refractivity contribution in [2.45, 2.75) is 12.8 Å². The second-order valence-corrected chi connectivity index (χ2v) is 3.24. The third kappa shape index (κ3) is 1.79. The molecule has 0 bridgehead atoms. The molecule has 0 N–H and O–H groups in total. The molecule has 1 aromatic heterocycles. The Morgan fingerprint density at radius 1 is 0.929 bits per heavy atom. The number of nitrogens with zero attached hydrogens (tertiary/aromatic N) is 2. The minimum atomic E-state index is 0.261. The van der Waals surface area contributed by atoms with Crippen LogP contribution in [0.15, 0.2) is 48.8 Å². The van der Waals surface area contributed by atoms with E-state index in [1.807, 2.05) is 24.3 Å². The Bertz CT molecular complexity index is 344. The van der Waals surface area contributed by atoms with E-state index in [9.17, 15) is 0 Å². The fraction of sp³-hybridized carbons (Fsp3) is 0.167. The quantitative estimate of drug-likeness (QED) is 0.717. The van der Waals surface area contributed by atoms with Gasteiger partial charge in [-0.15, -0.1) is 0 Å². The fourth-order valence-corrected chi connectivity index (χ4v) is 1.43. The second kappa shape index (κ2) is 4.01. The normalized spacial score (nSPS) is 12.4. The van der Waals surface area contributed by atoms with Gasteiger partial charge in [0.1, 0.15) is 5.82 Å². The van der Waals surface area contributed by atoms with Gasteiger partial charge in [-0.3, -0.25) is 0 Å². The van der Waals surface area contributed by atoms with Gasteiger partial charge in [0, 0.05) is 18.3 Å². The molecule has 2 rings (SSSR count). The van der Waals surface area contributed by atoms with Gasteiger partial charge in [0.25, 0.3) is 0 Å². The average molecular weight is 184 g/mol. The standard InChI is InChI=1S/C12H12N2/c1-10(11-6-3-2-4-7-11)12-13-8-5-9-14-12/h2-10H,1H3. The third-order valence-corrected chi connectivity index (χ3v) is 2.27. The highest BCUT2D eigenvalue weighted by Gasteiger charge is 2.09. The van der Waals surface area contributed by atoms with Crippen LogP contribution in [0.3, 0.4) is 0 Å². The molecule has 2 aromatic rings. The van der Waals surface area contributed by atoms with Crippen LogP contribution in [-0.4, -0.2) is 9.97 Å². The average Bonchev–Trinajstić information content (AvgIpc) is 2.30. The van der Waals surface area contributed by atoms with Crippen LogP contribution < -0.4 is 0 Å². The molecule has 0 fully saturated rings. The van der Waals surface area contributed by atoms with Crippen molar-refractivity contribution in [3.05, 3.63) is 60.2 Å². The summed E-state index contributed by atoms with van der Waals surface area (Å²) in [4.78, 5) is 8.49. The van der Waals surface area contributed by atoms with Gasteiger partial charge in [-0.25, -0.2) is 9.97 Å². The summed E-state index contributed by atoms with van der Waals surface area (Å²) >= 11 is 0. The zero-order valence-corrected chi connectivity index (χ0v) is 8.09. The van der Waals surface area contributed by atoms with Gasteiger partial charge < -0.3 is 0 Å². The van der Waals surface area contributed by atoms with Gasteiger partial charge >= 0.3 is 0 Å². The number of hydrogen-bond donors (Lipinski definition) is 0. The van der Waals surface area contributed by atoms with E-state index < -0.39 is 0 Å². The fourth-order valence-electron chi connectivity index (χ4n) is 1.43. The molecule has 0 aliphatic heterocycles. The number of benzene rings is 1. The lowest BCUT2D eigenvalue weighted by Crippen LogP contribution is -2.00. The molecule has 0 saturated heterocycles. The van der Waals surface area contributed by atoms with Crippen LogP contribution in [0.5, 0.6) is 0 Å². The molecular weight excluding hydrogens is 172 g/mol. The number of aromatic nitrogens is 2. The van der Waals surface area contributed by atoms with E-state index in [-0.39, 0.29) is 5.92 Å². The molecule has 0 aliphatic rings. The van der Waals surface area contributed by atoms with Crippen molar-refractivity contribution < 1.29 is 0 Å². The highest BCUT2D eigenvalue weighted by molar-refractivity contribution is 5.24. The molecule has 1 unspecified atom stereocenters. The summed E-state index contributed by atoms with van der Waals surface area (Å²) in [5.74, 6) is 1.14. The summed E-state index contributed by atoms with van der Waals surface area (Å²) in [5.41, 5.74) is 1.25. The zero-order chi connectivity index (χ0) is 9.80. The first kappa shape index (κ1) is 8.88. The molecule has 2 nitrogen and oxygen atoms in total. The molecule has 0 spiro atoms. The van der Waals surface area contributed by atoms with Crippen molar-refractivity contribution in [1.29, 1.82) is 0 Å². The molecule has 14 heavy (non-hydrogen) atoms. The van der Waals surface area contributed by atoms with Crippen LogP contribution >= 0.6 is 0 Å². The summed E-state index contributed by atoms with van der Waals surface area (Å²) in [6.07, 6.45) is 3.56. The maximum Gasteiger partial charge on any atom is 0.135 e. The van der Waals surface area contributed by atoms with Gasteiger partial charge in [-0.2, -0.15) is 0 Å². The lowest BCUT2D eigenvalue weighted by atomic mass is 10.0. The monoisotopic (exact) mass is 184 g/mol. The largest absolute Gasteiger partial charge is 0.241 e. The van der Waals surface area contributed by atoms with Crippen molar-refractivity contribution in [3.8, 4) is 0 Å². The van der Waals surface area contributed by atoms with Crippen molar-refractivity contribution in [2.75, 3.05) is 0 Å². The van der Waals surface area contributed by atoms with E-state index in [2.05, 4.69) is 29.0 Å². The Kier molecular flexibility index (Phi) is 2.54. The minimum Gasteiger partial charge on any atom is -0.241 e. The maximum absolute atomic E-state index is 4.24. The van der Waals surface area contributed by atoms with E-state index in [1.54, 1.807) is 12.4 Å². The van der Waals surface area contributed by atoms with E-state index in [4.69, 9.17) is 0 Å². The predicted molar refractivity (Wildman–Crippen MR) is 56.0 cm³/mol. The molecular formula is C12H12N2. The van der Waals surface area contributed by atoms with Crippen molar-refractivity contribution >= 4 is 0 Å². The topological polar surface area (TPSA) is 25.8 Å². The first-order valence-corrected chi connectivity index (χ1v) is 4.70. The Morgan fingerprint density at radius 3 is 2.21 bits per heavy atom. The summed E-state index contributed by atoms with van der Waals surface area (Å²) in [6, 6.07) is 12.1. The molecule has 0 radical (unpaired) electrons. The SMILES string of the molecule is CC(c1ccccc1)c1ncccn1. The predicted octanol–water partition coefficient (Wildman–Crippen LogP) is 2.63. The Balaban J connectivity index is 2.30. The van der Waals surface area contributed by atoms with Crippen molar-refractivity contribution in [3.63, 3.8) is 0 Å². The van der Waals surface area contributed by atoms with Gasteiger partial charge in [0.05, 0.1) is 0 Å². The number of rotatable bonds is 2. The molecule has 0 saturated carbocycles. The molecule has 2 heteroatoms. The van der Waals surface area contributed by atoms with Crippen molar-refractivity contribution in [1.82, 2.24) is 9.97 Å². The van der Waals surface area contributed by atoms with Crippen LogP contribution in [0.25, 0.3) is 0 Å². The third-order valence-electron chi connectivity index (χ3n) is 2.27. The molecule has 70 valence electrons. The van der Waals surface area contributed by atoms with Crippen molar-refractivity contribution in [2.24, 2.45) is 0 Å². The van der Waals surface area contributed by atoms with Crippen LogP contribution in [-0.2, 0) is 0 Å². The smallest absolute Gasteiger partial charge is 0.135 e. The molecule has 0 amide bonds. The van der Waals surface area contributed by atoms with E-state index in [1.165, 1.54) is 5.56 Å². The van der Waals surface area contributed by atoms with Gasteiger partial charge in [-0.05, 0) is 11.6 Å². The lowest BCUT2D eigenvalue weighted by Gasteiger charge is -2.09. The van der Waals surface area contributed by atoms with Crippen LogP contribution in [0.2, 0.25) is 0 Å². The van der Waals surface area contributed by atoms with E-state index in [0.717, 1.165) is 5.82 Å². The summed E-state index contributed by atoms with van der Waals surface area (Å²) in [6.45, 7) is 2.12. The second-order valence-electron chi connectivity index (χ2n) is 3.24. The molecule has 1 aromatic carbocycles. The Morgan fingerprint density at radius 2 is 1.57 bits per heavy atom. The molecule has 1 atom stereocenters. The summed E-state index contributed by atoms with van der Waals surface area (Å²) in [7, 11) is 0. The first-order chi connectivity index (χ1) is 6.88. The van der Waals surface area contributed by atoms with Crippen LogP contribution in [0.4, 0.5) is 0 Å². The van der Waals surface area contributed by atoms with E-state index in [0.29, 0.717) is 0 Å². The first-order valence-electron chi connectivity index (χ1n) is 4.70. The number of hydrogen-bond acceptors (Lipinski definition) is 2. The summed E-state index contributed by atoms with van der Waals surface area (Å²) < 4.78 is 0. The van der Waals surface area contributed by atoms with Gasteiger partial charge in [0.15, 0.2) is 0 Å². The van der Waals surface area contributed by atoms with Gasteiger partial charge in [-0.1, -0.05) is 37.3 Å².